The SMILES string of the molecule is CC(C)(C)N1CC(C(=O)N2CCN(C(=O)Oc3ccccc3)CC2)CC1=O. The summed E-state index contributed by atoms with van der Waals surface area (Å²) >= 11 is 0. The Labute approximate surface area is 159 Å². The average molecular weight is 373 g/mol. The second kappa shape index (κ2) is 7.58. The van der Waals surface area contributed by atoms with Crippen LogP contribution in [0.3, 0.4) is 0 Å². The summed E-state index contributed by atoms with van der Waals surface area (Å²) < 4.78 is 5.35. The molecule has 1 unspecified atom stereocenters. The first-order valence-corrected chi connectivity index (χ1v) is 9.37. The van der Waals surface area contributed by atoms with Crippen LogP contribution in [0.4, 0.5) is 4.79 Å². The molecule has 2 aliphatic heterocycles. The molecule has 2 saturated heterocycles. The highest BCUT2D eigenvalue weighted by Crippen LogP contribution is 2.27. The van der Waals surface area contributed by atoms with E-state index in [-0.39, 0.29) is 29.7 Å². The summed E-state index contributed by atoms with van der Waals surface area (Å²) in [5, 5.41) is 0. The van der Waals surface area contributed by atoms with Gasteiger partial charge in [-0.1, -0.05) is 18.2 Å². The molecule has 2 fully saturated rings. The standard InChI is InChI=1S/C20H27N3O4/c1-20(2,3)23-14-15(13-17(23)24)18(25)21-9-11-22(12-10-21)19(26)27-16-7-5-4-6-8-16/h4-8,15H,9-14H2,1-3H3. The van der Waals surface area contributed by atoms with Gasteiger partial charge < -0.3 is 19.4 Å². The van der Waals surface area contributed by atoms with Crippen LogP contribution in [-0.4, -0.2) is 70.9 Å². The number of piperazine rings is 1. The lowest BCUT2D eigenvalue weighted by atomic mass is 10.1. The van der Waals surface area contributed by atoms with E-state index in [1.807, 2.05) is 39.0 Å². The van der Waals surface area contributed by atoms with Gasteiger partial charge in [0.05, 0.1) is 5.92 Å². The maximum Gasteiger partial charge on any atom is 0.415 e. The lowest BCUT2D eigenvalue weighted by molar-refractivity contribution is -0.137. The second-order valence-electron chi connectivity index (χ2n) is 8.07. The predicted molar refractivity (Wildman–Crippen MR) is 100 cm³/mol. The van der Waals surface area contributed by atoms with Gasteiger partial charge in [-0.15, -0.1) is 0 Å². The first kappa shape index (κ1) is 19.2. The number of amides is 3. The van der Waals surface area contributed by atoms with Gasteiger partial charge in [-0.2, -0.15) is 0 Å². The number of rotatable bonds is 2. The Hall–Kier alpha value is -2.57. The van der Waals surface area contributed by atoms with Crippen LogP contribution in [0, 0.1) is 5.92 Å². The quantitative estimate of drug-likeness (QED) is 0.795. The molecule has 0 radical (unpaired) electrons. The van der Waals surface area contributed by atoms with E-state index in [9.17, 15) is 14.4 Å². The minimum Gasteiger partial charge on any atom is -0.410 e. The van der Waals surface area contributed by atoms with Crippen molar-refractivity contribution in [1.29, 1.82) is 0 Å². The highest BCUT2D eigenvalue weighted by molar-refractivity contribution is 5.89. The maximum absolute atomic E-state index is 12.8. The van der Waals surface area contributed by atoms with Crippen LogP contribution in [0.5, 0.6) is 5.75 Å². The minimum absolute atomic E-state index is 0.00572. The minimum atomic E-state index is -0.400. The van der Waals surface area contributed by atoms with Gasteiger partial charge in [0, 0.05) is 44.7 Å². The number of hydrogen-bond donors (Lipinski definition) is 0. The molecule has 2 heterocycles. The topological polar surface area (TPSA) is 70.2 Å². The normalized spacial score (nSPS) is 20.8. The number of carbonyl (C=O) groups is 3. The van der Waals surface area contributed by atoms with Crippen molar-refractivity contribution in [3.63, 3.8) is 0 Å². The first-order valence-electron chi connectivity index (χ1n) is 9.37. The molecule has 3 amide bonds. The van der Waals surface area contributed by atoms with Gasteiger partial charge >= 0.3 is 6.09 Å². The molecular formula is C20H27N3O4. The molecule has 0 N–H and O–H groups in total. The molecule has 0 spiro atoms. The van der Waals surface area contributed by atoms with E-state index in [2.05, 4.69) is 0 Å². The molecule has 2 aliphatic rings. The third kappa shape index (κ3) is 4.40. The number of benzene rings is 1. The lowest BCUT2D eigenvalue weighted by Crippen LogP contribution is -2.53. The molecule has 1 aromatic rings. The van der Waals surface area contributed by atoms with E-state index in [1.54, 1.807) is 26.8 Å². The van der Waals surface area contributed by atoms with E-state index in [4.69, 9.17) is 4.74 Å². The zero-order valence-electron chi connectivity index (χ0n) is 16.2. The average Bonchev–Trinajstić information content (AvgIpc) is 3.04. The van der Waals surface area contributed by atoms with Crippen LogP contribution in [0.1, 0.15) is 27.2 Å². The van der Waals surface area contributed by atoms with Crippen LogP contribution in [0.2, 0.25) is 0 Å². The molecule has 146 valence electrons. The van der Waals surface area contributed by atoms with Gasteiger partial charge in [-0.25, -0.2) is 4.79 Å². The summed E-state index contributed by atoms with van der Waals surface area (Å²) in [5.41, 5.74) is -0.272. The maximum atomic E-state index is 12.8. The number of likely N-dealkylation sites (tertiary alicyclic amines) is 1. The molecule has 1 atom stereocenters. The Morgan fingerprint density at radius 1 is 1.00 bits per heavy atom. The van der Waals surface area contributed by atoms with Gasteiger partial charge in [0.2, 0.25) is 11.8 Å². The van der Waals surface area contributed by atoms with Crippen LogP contribution >= 0.6 is 0 Å². The Kier molecular flexibility index (Phi) is 5.39. The second-order valence-corrected chi connectivity index (χ2v) is 8.07. The van der Waals surface area contributed by atoms with Gasteiger partial charge in [-0.05, 0) is 32.9 Å². The fourth-order valence-corrected chi connectivity index (χ4v) is 3.54. The highest BCUT2D eigenvalue weighted by Gasteiger charge is 2.41. The molecule has 3 rings (SSSR count). The van der Waals surface area contributed by atoms with Crippen molar-refractivity contribution in [3.8, 4) is 5.75 Å². The molecule has 0 bridgehead atoms. The number of ether oxygens (including phenoxy) is 1. The van der Waals surface area contributed by atoms with Gasteiger partial charge in [0.25, 0.3) is 0 Å². The molecule has 0 aliphatic carbocycles. The zero-order valence-corrected chi connectivity index (χ0v) is 16.2. The smallest absolute Gasteiger partial charge is 0.410 e. The van der Waals surface area contributed by atoms with Gasteiger partial charge in [0.1, 0.15) is 5.75 Å². The molecule has 0 saturated carbocycles. The highest BCUT2D eigenvalue weighted by atomic mass is 16.6. The van der Waals surface area contributed by atoms with E-state index >= 15 is 0 Å². The van der Waals surface area contributed by atoms with Crippen LogP contribution < -0.4 is 4.74 Å². The predicted octanol–water partition coefficient (Wildman–Crippen LogP) is 1.98. The fraction of sp³-hybridized carbons (Fsp3) is 0.550. The summed E-state index contributed by atoms with van der Waals surface area (Å²) in [6, 6.07) is 8.94. The van der Waals surface area contributed by atoms with Crippen molar-refractivity contribution in [2.45, 2.75) is 32.7 Å². The third-order valence-corrected chi connectivity index (χ3v) is 5.08. The van der Waals surface area contributed by atoms with Crippen LogP contribution in [0.25, 0.3) is 0 Å². The van der Waals surface area contributed by atoms with Crippen molar-refractivity contribution < 1.29 is 19.1 Å². The number of hydrogen-bond acceptors (Lipinski definition) is 4. The third-order valence-electron chi connectivity index (χ3n) is 5.08. The van der Waals surface area contributed by atoms with E-state index < -0.39 is 6.09 Å². The Bertz CT molecular complexity index is 706. The zero-order chi connectivity index (χ0) is 19.6. The fourth-order valence-electron chi connectivity index (χ4n) is 3.54. The van der Waals surface area contributed by atoms with Crippen molar-refractivity contribution in [2.75, 3.05) is 32.7 Å². The van der Waals surface area contributed by atoms with Gasteiger partial charge in [-0.3, -0.25) is 9.59 Å². The van der Waals surface area contributed by atoms with Gasteiger partial charge in [0.15, 0.2) is 0 Å². The summed E-state index contributed by atoms with van der Waals surface area (Å²) in [7, 11) is 0. The van der Waals surface area contributed by atoms with Crippen molar-refractivity contribution in [2.24, 2.45) is 5.92 Å². The molecule has 27 heavy (non-hydrogen) atoms. The monoisotopic (exact) mass is 373 g/mol. The molecule has 0 aromatic heterocycles. The number of nitrogens with zero attached hydrogens (tertiary/aromatic N) is 3. The van der Waals surface area contributed by atoms with Crippen LogP contribution in [-0.2, 0) is 9.59 Å². The molecule has 7 nitrogen and oxygen atoms in total. The molecule has 1 aromatic carbocycles. The number of para-hydroxylation sites is 1. The van der Waals surface area contributed by atoms with Crippen LogP contribution in [0.15, 0.2) is 30.3 Å². The largest absolute Gasteiger partial charge is 0.415 e. The molecule has 7 heteroatoms. The van der Waals surface area contributed by atoms with Crippen molar-refractivity contribution in [3.05, 3.63) is 30.3 Å². The van der Waals surface area contributed by atoms with E-state index in [0.717, 1.165) is 0 Å². The first-order chi connectivity index (χ1) is 12.8. The number of carbonyl (C=O) groups excluding carboxylic acids is 3. The summed E-state index contributed by atoms with van der Waals surface area (Å²) in [5.74, 6) is 0.254. The lowest BCUT2D eigenvalue weighted by Gasteiger charge is -2.36. The Balaban J connectivity index is 1.51. The summed E-state index contributed by atoms with van der Waals surface area (Å²) in [4.78, 5) is 42.4. The Morgan fingerprint density at radius 2 is 1.59 bits per heavy atom. The summed E-state index contributed by atoms with van der Waals surface area (Å²) in [6.07, 6.45) is -0.130. The summed E-state index contributed by atoms with van der Waals surface area (Å²) in [6.45, 7) is 8.20. The van der Waals surface area contributed by atoms with E-state index in [0.29, 0.717) is 38.5 Å². The van der Waals surface area contributed by atoms with E-state index in [1.165, 1.54) is 0 Å². The Morgan fingerprint density at radius 3 is 2.15 bits per heavy atom. The van der Waals surface area contributed by atoms with Crippen molar-refractivity contribution in [1.82, 2.24) is 14.7 Å². The molecular weight excluding hydrogens is 346 g/mol. The van der Waals surface area contributed by atoms with Crippen molar-refractivity contribution >= 4 is 17.9 Å².